The molecule has 0 radical (unpaired) electrons. The van der Waals surface area contributed by atoms with Gasteiger partial charge in [-0.1, -0.05) is 13.8 Å². The van der Waals surface area contributed by atoms with E-state index < -0.39 is 0 Å². The number of morpholine rings is 1. The molecule has 2 aromatic rings. The van der Waals surface area contributed by atoms with Crippen molar-refractivity contribution in [3.05, 3.63) is 36.5 Å². The number of aromatic nitrogens is 2. The number of hydrogen-bond acceptors (Lipinski definition) is 6. The summed E-state index contributed by atoms with van der Waals surface area (Å²) in [6.45, 7) is 7.23. The van der Waals surface area contributed by atoms with E-state index >= 15 is 0 Å². The van der Waals surface area contributed by atoms with Gasteiger partial charge in [0.25, 0.3) is 0 Å². The van der Waals surface area contributed by atoms with Crippen LogP contribution in [-0.2, 0) is 9.53 Å². The Morgan fingerprint density at radius 3 is 2.58 bits per heavy atom. The van der Waals surface area contributed by atoms with Crippen LogP contribution in [0.2, 0.25) is 0 Å². The fraction of sp³-hybridized carbons (Fsp3) is 0.421. The Bertz CT molecular complexity index is 727. The molecule has 1 aliphatic rings. The standard InChI is InChI=1S/C19H25N5O2/c1-14(2)11-19(25)22-16-5-3-15(4-6-16)21-18-12-17(13-20-23-18)24-7-9-26-10-8-24/h3-6,12-14H,7-11H2,1-2H3,(H,21,23)(H,22,25). The van der Waals surface area contributed by atoms with Crippen LogP contribution in [0, 0.1) is 5.92 Å². The van der Waals surface area contributed by atoms with Crippen molar-refractivity contribution in [1.82, 2.24) is 10.2 Å². The first kappa shape index (κ1) is 18.1. The van der Waals surface area contributed by atoms with Gasteiger partial charge in [0.05, 0.1) is 25.1 Å². The van der Waals surface area contributed by atoms with Gasteiger partial charge in [0.15, 0.2) is 5.82 Å². The Kier molecular flexibility index (Phi) is 6.01. The second-order valence-corrected chi connectivity index (χ2v) is 6.75. The van der Waals surface area contributed by atoms with E-state index in [9.17, 15) is 4.79 Å². The highest BCUT2D eigenvalue weighted by Crippen LogP contribution is 2.21. The number of hydrogen-bond donors (Lipinski definition) is 2. The molecule has 0 spiro atoms. The molecule has 2 N–H and O–H groups in total. The van der Waals surface area contributed by atoms with Crippen LogP contribution in [0.5, 0.6) is 0 Å². The van der Waals surface area contributed by atoms with E-state index in [0.717, 1.165) is 43.4 Å². The lowest BCUT2D eigenvalue weighted by Crippen LogP contribution is -2.36. The van der Waals surface area contributed by atoms with Crippen molar-refractivity contribution < 1.29 is 9.53 Å². The van der Waals surface area contributed by atoms with Gasteiger partial charge in [0, 0.05) is 37.0 Å². The zero-order valence-electron chi connectivity index (χ0n) is 15.2. The molecular formula is C19H25N5O2. The predicted molar refractivity (Wildman–Crippen MR) is 103 cm³/mol. The molecule has 7 nitrogen and oxygen atoms in total. The molecule has 1 aliphatic heterocycles. The third kappa shape index (κ3) is 5.16. The summed E-state index contributed by atoms with van der Waals surface area (Å²) in [6.07, 6.45) is 2.29. The van der Waals surface area contributed by atoms with Gasteiger partial charge in [-0.25, -0.2) is 0 Å². The van der Waals surface area contributed by atoms with Gasteiger partial charge in [0.1, 0.15) is 0 Å². The van der Waals surface area contributed by atoms with Crippen molar-refractivity contribution in [3.63, 3.8) is 0 Å². The minimum atomic E-state index is 0.0322. The molecule has 2 heterocycles. The van der Waals surface area contributed by atoms with Gasteiger partial charge in [-0.05, 0) is 30.2 Å². The van der Waals surface area contributed by atoms with Crippen molar-refractivity contribution in [3.8, 4) is 0 Å². The van der Waals surface area contributed by atoms with E-state index in [1.54, 1.807) is 6.20 Å². The van der Waals surface area contributed by atoms with Crippen molar-refractivity contribution in [1.29, 1.82) is 0 Å². The average molecular weight is 355 g/mol. The van der Waals surface area contributed by atoms with Crippen LogP contribution in [0.4, 0.5) is 22.9 Å². The maximum Gasteiger partial charge on any atom is 0.224 e. The van der Waals surface area contributed by atoms with E-state index in [2.05, 4.69) is 25.7 Å². The molecule has 0 saturated carbocycles. The molecule has 1 amide bonds. The number of anilines is 4. The molecule has 1 fully saturated rings. The maximum absolute atomic E-state index is 11.8. The second kappa shape index (κ2) is 8.62. The molecule has 3 rings (SSSR count). The summed E-state index contributed by atoms with van der Waals surface area (Å²) in [5, 5.41) is 14.4. The average Bonchev–Trinajstić information content (AvgIpc) is 2.64. The summed E-state index contributed by atoms with van der Waals surface area (Å²) in [5.41, 5.74) is 2.71. The summed E-state index contributed by atoms with van der Waals surface area (Å²) in [5.74, 6) is 1.06. The Morgan fingerprint density at radius 1 is 1.19 bits per heavy atom. The molecule has 26 heavy (non-hydrogen) atoms. The number of nitrogens with zero attached hydrogens (tertiary/aromatic N) is 3. The molecule has 1 saturated heterocycles. The van der Waals surface area contributed by atoms with Gasteiger partial charge >= 0.3 is 0 Å². The number of rotatable bonds is 6. The maximum atomic E-state index is 11.8. The topological polar surface area (TPSA) is 79.4 Å². The summed E-state index contributed by atoms with van der Waals surface area (Å²) in [4.78, 5) is 14.1. The van der Waals surface area contributed by atoms with Gasteiger partial charge in [-0.2, -0.15) is 5.10 Å². The number of benzene rings is 1. The monoisotopic (exact) mass is 355 g/mol. The van der Waals surface area contributed by atoms with Crippen LogP contribution in [0.1, 0.15) is 20.3 Å². The van der Waals surface area contributed by atoms with E-state index in [1.807, 2.05) is 44.2 Å². The highest BCUT2D eigenvalue weighted by atomic mass is 16.5. The number of carbonyl (C=O) groups is 1. The molecule has 0 atom stereocenters. The fourth-order valence-corrected chi connectivity index (χ4v) is 2.78. The summed E-state index contributed by atoms with van der Waals surface area (Å²) >= 11 is 0. The third-order valence-electron chi connectivity index (χ3n) is 4.05. The van der Waals surface area contributed by atoms with Crippen LogP contribution < -0.4 is 15.5 Å². The van der Waals surface area contributed by atoms with Crippen molar-refractivity contribution >= 4 is 28.8 Å². The van der Waals surface area contributed by atoms with E-state index in [1.165, 1.54) is 0 Å². The molecule has 1 aromatic carbocycles. The Morgan fingerprint density at radius 2 is 1.88 bits per heavy atom. The van der Waals surface area contributed by atoms with E-state index in [0.29, 0.717) is 18.2 Å². The number of nitrogens with one attached hydrogen (secondary N) is 2. The van der Waals surface area contributed by atoms with Gasteiger partial charge < -0.3 is 20.3 Å². The lowest BCUT2D eigenvalue weighted by Gasteiger charge is -2.28. The third-order valence-corrected chi connectivity index (χ3v) is 4.05. The Hall–Kier alpha value is -2.67. The fourth-order valence-electron chi connectivity index (χ4n) is 2.78. The minimum absolute atomic E-state index is 0.0322. The zero-order chi connectivity index (χ0) is 18.4. The van der Waals surface area contributed by atoms with Crippen molar-refractivity contribution in [2.75, 3.05) is 41.8 Å². The normalized spacial score (nSPS) is 14.3. The van der Waals surface area contributed by atoms with E-state index in [-0.39, 0.29) is 5.91 Å². The van der Waals surface area contributed by atoms with Crippen LogP contribution in [0.25, 0.3) is 0 Å². The molecule has 0 bridgehead atoms. The van der Waals surface area contributed by atoms with Gasteiger partial charge in [-0.3, -0.25) is 4.79 Å². The summed E-state index contributed by atoms with van der Waals surface area (Å²) in [7, 11) is 0. The molecule has 7 heteroatoms. The first-order valence-corrected chi connectivity index (χ1v) is 8.92. The first-order chi connectivity index (χ1) is 12.6. The lowest BCUT2D eigenvalue weighted by atomic mass is 10.1. The lowest BCUT2D eigenvalue weighted by molar-refractivity contribution is -0.116. The largest absolute Gasteiger partial charge is 0.378 e. The number of ether oxygens (including phenoxy) is 1. The second-order valence-electron chi connectivity index (χ2n) is 6.75. The zero-order valence-corrected chi connectivity index (χ0v) is 15.2. The van der Waals surface area contributed by atoms with Crippen LogP contribution in [-0.4, -0.2) is 42.4 Å². The predicted octanol–water partition coefficient (Wildman–Crippen LogP) is 3.04. The Labute approximate surface area is 153 Å². The first-order valence-electron chi connectivity index (χ1n) is 8.92. The van der Waals surface area contributed by atoms with Gasteiger partial charge in [0.2, 0.25) is 5.91 Å². The van der Waals surface area contributed by atoms with Gasteiger partial charge in [-0.15, -0.1) is 5.10 Å². The summed E-state index contributed by atoms with van der Waals surface area (Å²) < 4.78 is 5.38. The molecular weight excluding hydrogens is 330 g/mol. The molecule has 1 aromatic heterocycles. The van der Waals surface area contributed by atoms with Crippen LogP contribution in [0.15, 0.2) is 36.5 Å². The van der Waals surface area contributed by atoms with E-state index in [4.69, 9.17) is 4.74 Å². The SMILES string of the molecule is CC(C)CC(=O)Nc1ccc(Nc2cc(N3CCOCC3)cnn2)cc1. The highest BCUT2D eigenvalue weighted by Gasteiger charge is 2.12. The van der Waals surface area contributed by atoms with Crippen molar-refractivity contribution in [2.24, 2.45) is 5.92 Å². The Balaban J connectivity index is 1.61. The minimum Gasteiger partial charge on any atom is -0.378 e. The molecule has 138 valence electrons. The highest BCUT2D eigenvalue weighted by molar-refractivity contribution is 5.91. The summed E-state index contributed by atoms with van der Waals surface area (Å²) in [6, 6.07) is 9.55. The molecule has 0 aliphatic carbocycles. The van der Waals surface area contributed by atoms with Crippen molar-refractivity contribution in [2.45, 2.75) is 20.3 Å². The number of amides is 1. The quantitative estimate of drug-likeness (QED) is 0.829. The smallest absolute Gasteiger partial charge is 0.224 e. The van der Waals surface area contributed by atoms with Crippen LogP contribution >= 0.6 is 0 Å². The number of carbonyl (C=O) groups excluding carboxylic acids is 1. The molecule has 0 unspecified atom stereocenters. The van der Waals surface area contributed by atoms with Crippen LogP contribution in [0.3, 0.4) is 0 Å².